The zero-order valence-corrected chi connectivity index (χ0v) is 9.97. The molecule has 0 saturated heterocycles. The van der Waals surface area contributed by atoms with Gasteiger partial charge >= 0.3 is 0 Å². The molecule has 1 unspecified atom stereocenters. The smallest absolute Gasteiger partial charge is 0.0266 e. The van der Waals surface area contributed by atoms with Crippen molar-refractivity contribution in [2.75, 3.05) is 0 Å². The molecule has 0 spiro atoms. The highest BCUT2D eigenvalue weighted by molar-refractivity contribution is 4.89. The van der Waals surface area contributed by atoms with Crippen molar-refractivity contribution >= 4 is 0 Å². The third-order valence-corrected chi connectivity index (χ3v) is 3.75. The van der Waals surface area contributed by atoms with Gasteiger partial charge in [-0.15, -0.1) is 0 Å². The van der Waals surface area contributed by atoms with Crippen molar-refractivity contribution in [1.82, 2.24) is 5.43 Å². The van der Waals surface area contributed by atoms with Crippen LogP contribution >= 0.6 is 0 Å². The van der Waals surface area contributed by atoms with E-state index in [-0.39, 0.29) is 0 Å². The van der Waals surface area contributed by atoms with Gasteiger partial charge in [0.2, 0.25) is 0 Å². The quantitative estimate of drug-likeness (QED) is 0.538. The standard InChI is InChI=1S/C12H26N2/c1-10(2)9-11(14-13)12(3)7-5-4-6-8-12/h10-11,14H,4-9,13H2,1-3H3. The van der Waals surface area contributed by atoms with Crippen molar-refractivity contribution in [3.05, 3.63) is 0 Å². The molecule has 2 heteroatoms. The Labute approximate surface area is 88.6 Å². The summed E-state index contributed by atoms with van der Waals surface area (Å²) in [6, 6.07) is 0.503. The Hall–Kier alpha value is -0.0800. The summed E-state index contributed by atoms with van der Waals surface area (Å²) in [6.45, 7) is 6.95. The van der Waals surface area contributed by atoms with Crippen LogP contribution in [0, 0.1) is 11.3 Å². The van der Waals surface area contributed by atoms with Crippen molar-refractivity contribution in [3.63, 3.8) is 0 Å². The van der Waals surface area contributed by atoms with Gasteiger partial charge in [0, 0.05) is 6.04 Å². The molecule has 1 fully saturated rings. The first-order valence-electron chi connectivity index (χ1n) is 6.04. The summed E-state index contributed by atoms with van der Waals surface area (Å²) in [7, 11) is 0. The maximum Gasteiger partial charge on any atom is 0.0266 e. The van der Waals surface area contributed by atoms with Gasteiger partial charge in [-0.3, -0.25) is 11.3 Å². The minimum Gasteiger partial charge on any atom is -0.271 e. The van der Waals surface area contributed by atoms with E-state index < -0.39 is 0 Å². The number of nitrogens with one attached hydrogen (secondary N) is 1. The van der Waals surface area contributed by atoms with Crippen molar-refractivity contribution in [2.24, 2.45) is 17.2 Å². The highest BCUT2D eigenvalue weighted by atomic mass is 15.2. The van der Waals surface area contributed by atoms with Gasteiger partial charge in [0.1, 0.15) is 0 Å². The second kappa shape index (κ2) is 5.13. The summed E-state index contributed by atoms with van der Waals surface area (Å²) in [5.41, 5.74) is 3.49. The molecule has 1 rings (SSSR count). The average Bonchev–Trinajstić information content (AvgIpc) is 2.15. The molecule has 3 N–H and O–H groups in total. The van der Waals surface area contributed by atoms with E-state index >= 15 is 0 Å². The highest BCUT2D eigenvalue weighted by Gasteiger charge is 2.34. The first-order valence-corrected chi connectivity index (χ1v) is 6.04. The van der Waals surface area contributed by atoms with Crippen LogP contribution in [0.5, 0.6) is 0 Å². The maximum atomic E-state index is 5.69. The molecule has 0 aromatic heterocycles. The van der Waals surface area contributed by atoms with Crippen molar-refractivity contribution < 1.29 is 0 Å². The zero-order valence-electron chi connectivity index (χ0n) is 9.97. The Morgan fingerprint density at radius 2 is 1.79 bits per heavy atom. The van der Waals surface area contributed by atoms with Gasteiger partial charge in [0.15, 0.2) is 0 Å². The van der Waals surface area contributed by atoms with Gasteiger partial charge in [-0.1, -0.05) is 40.0 Å². The Balaban J connectivity index is 2.55. The SMILES string of the molecule is CC(C)CC(NN)C1(C)CCCCC1. The number of hydrogen-bond acceptors (Lipinski definition) is 2. The van der Waals surface area contributed by atoms with Crippen LogP contribution in [0.4, 0.5) is 0 Å². The summed E-state index contributed by atoms with van der Waals surface area (Å²) in [4.78, 5) is 0. The fourth-order valence-electron chi connectivity index (χ4n) is 2.73. The van der Waals surface area contributed by atoms with Crippen LogP contribution in [-0.4, -0.2) is 6.04 Å². The van der Waals surface area contributed by atoms with Crippen molar-refractivity contribution in [1.29, 1.82) is 0 Å². The third kappa shape index (κ3) is 2.96. The largest absolute Gasteiger partial charge is 0.271 e. The molecular weight excluding hydrogens is 172 g/mol. The van der Waals surface area contributed by atoms with Gasteiger partial charge in [0.05, 0.1) is 0 Å². The summed E-state index contributed by atoms with van der Waals surface area (Å²) in [5, 5.41) is 0. The van der Waals surface area contributed by atoms with Gasteiger partial charge in [0.25, 0.3) is 0 Å². The molecule has 1 saturated carbocycles. The Morgan fingerprint density at radius 3 is 2.21 bits per heavy atom. The summed E-state index contributed by atoms with van der Waals surface area (Å²) in [5.74, 6) is 6.42. The number of hydrazine groups is 1. The minimum atomic E-state index is 0.442. The maximum absolute atomic E-state index is 5.69. The number of nitrogens with two attached hydrogens (primary N) is 1. The topological polar surface area (TPSA) is 38.0 Å². The average molecular weight is 198 g/mol. The number of rotatable bonds is 4. The van der Waals surface area contributed by atoms with Gasteiger partial charge in [-0.05, 0) is 30.6 Å². The lowest BCUT2D eigenvalue weighted by Crippen LogP contribution is -2.48. The zero-order chi connectivity index (χ0) is 10.6. The first-order chi connectivity index (χ1) is 6.58. The third-order valence-electron chi connectivity index (χ3n) is 3.75. The van der Waals surface area contributed by atoms with Crippen LogP contribution in [0.3, 0.4) is 0 Å². The lowest BCUT2D eigenvalue weighted by Gasteiger charge is -2.41. The molecule has 1 aliphatic carbocycles. The molecule has 1 atom stereocenters. The normalized spacial score (nSPS) is 23.8. The van der Waals surface area contributed by atoms with E-state index in [2.05, 4.69) is 26.2 Å². The summed E-state index contributed by atoms with van der Waals surface area (Å²) < 4.78 is 0. The number of hydrogen-bond donors (Lipinski definition) is 2. The second-order valence-corrected chi connectivity index (χ2v) is 5.56. The Morgan fingerprint density at radius 1 is 1.21 bits per heavy atom. The van der Waals surface area contributed by atoms with Crippen molar-refractivity contribution in [2.45, 2.75) is 65.3 Å². The lowest BCUT2D eigenvalue weighted by molar-refractivity contribution is 0.128. The Bertz CT molecular complexity index is 160. The van der Waals surface area contributed by atoms with E-state index in [1.54, 1.807) is 0 Å². The Kier molecular flexibility index (Phi) is 4.39. The van der Waals surface area contributed by atoms with Crippen LogP contribution in [0.15, 0.2) is 0 Å². The van der Waals surface area contributed by atoms with Crippen LogP contribution in [0.2, 0.25) is 0 Å². The van der Waals surface area contributed by atoms with Crippen LogP contribution < -0.4 is 11.3 Å². The molecule has 0 aromatic rings. The van der Waals surface area contributed by atoms with Gasteiger partial charge in [-0.25, -0.2) is 0 Å². The van der Waals surface area contributed by atoms with E-state index in [1.807, 2.05) is 0 Å². The predicted octanol–water partition coefficient (Wildman–Crippen LogP) is 2.83. The monoisotopic (exact) mass is 198 g/mol. The van der Waals surface area contributed by atoms with E-state index in [4.69, 9.17) is 5.84 Å². The second-order valence-electron chi connectivity index (χ2n) is 5.56. The molecule has 2 nitrogen and oxygen atoms in total. The van der Waals surface area contributed by atoms with Crippen molar-refractivity contribution in [3.8, 4) is 0 Å². The highest BCUT2D eigenvalue weighted by Crippen LogP contribution is 2.40. The fraction of sp³-hybridized carbons (Fsp3) is 1.00. The molecule has 84 valence electrons. The fourth-order valence-corrected chi connectivity index (χ4v) is 2.73. The van der Waals surface area contributed by atoms with E-state index in [1.165, 1.54) is 38.5 Å². The molecule has 0 heterocycles. The van der Waals surface area contributed by atoms with Gasteiger partial charge < -0.3 is 0 Å². The van der Waals surface area contributed by atoms with E-state index in [0.29, 0.717) is 11.5 Å². The molecule has 0 amide bonds. The molecule has 0 aromatic carbocycles. The molecule has 0 aliphatic heterocycles. The molecule has 0 bridgehead atoms. The summed E-state index contributed by atoms with van der Waals surface area (Å²) >= 11 is 0. The molecular formula is C12H26N2. The van der Waals surface area contributed by atoms with Crippen LogP contribution in [0.1, 0.15) is 59.3 Å². The van der Waals surface area contributed by atoms with Crippen LogP contribution in [0.25, 0.3) is 0 Å². The molecule has 14 heavy (non-hydrogen) atoms. The molecule has 0 radical (unpaired) electrons. The predicted molar refractivity (Wildman–Crippen MR) is 61.8 cm³/mol. The summed E-state index contributed by atoms with van der Waals surface area (Å²) in [6.07, 6.45) is 8.06. The lowest BCUT2D eigenvalue weighted by atomic mass is 9.69. The van der Waals surface area contributed by atoms with Crippen LogP contribution in [-0.2, 0) is 0 Å². The minimum absolute atomic E-state index is 0.442. The van der Waals surface area contributed by atoms with E-state index in [9.17, 15) is 0 Å². The van der Waals surface area contributed by atoms with Gasteiger partial charge in [-0.2, -0.15) is 0 Å². The first kappa shape index (κ1) is 12.0. The molecule has 1 aliphatic rings. The van der Waals surface area contributed by atoms with E-state index in [0.717, 1.165) is 5.92 Å².